The van der Waals surface area contributed by atoms with Gasteiger partial charge in [0.05, 0.1) is 17.6 Å². The number of thioether (sulfide) groups is 1. The van der Waals surface area contributed by atoms with Crippen LogP contribution in [0.5, 0.6) is 0 Å². The van der Waals surface area contributed by atoms with E-state index >= 15 is 0 Å². The molecule has 0 aromatic carbocycles. The molecule has 1 saturated carbocycles. The second kappa shape index (κ2) is 11.1. The van der Waals surface area contributed by atoms with E-state index in [0.29, 0.717) is 32.1 Å². The zero-order valence-electron chi connectivity index (χ0n) is 20.5. The molecule has 0 radical (unpaired) electrons. The molecule has 1 saturated heterocycles. The molecule has 1 aliphatic carbocycles. The molecule has 1 amide bonds. The predicted octanol–water partition coefficient (Wildman–Crippen LogP) is 2.33. The third-order valence-corrected chi connectivity index (χ3v) is 8.48. The molecular formula is C26H31FN6O3S. The lowest BCUT2D eigenvalue weighted by atomic mass is 9.90. The molecule has 2 aliphatic rings. The first-order valence-electron chi connectivity index (χ1n) is 12.8. The summed E-state index contributed by atoms with van der Waals surface area (Å²) in [6, 6.07) is 3.70. The Kier molecular flexibility index (Phi) is 7.71. The van der Waals surface area contributed by atoms with Crippen molar-refractivity contribution in [3.63, 3.8) is 0 Å². The van der Waals surface area contributed by atoms with Gasteiger partial charge >= 0.3 is 5.69 Å². The third-order valence-electron chi connectivity index (χ3n) is 7.43. The van der Waals surface area contributed by atoms with Crippen molar-refractivity contribution in [1.82, 2.24) is 24.4 Å². The van der Waals surface area contributed by atoms with Crippen molar-refractivity contribution in [1.29, 1.82) is 0 Å². The quantitative estimate of drug-likeness (QED) is 0.505. The van der Waals surface area contributed by atoms with Crippen molar-refractivity contribution in [3.05, 3.63) is 69.0 Å². The fraction of sp³-hybridized carbons (Fsp3) is 0.500. The highest BCUT2D eigenvalue weighted by Crippen LogP contribution is 2.30. The summed E-state index contributed by atoms with van der Waals surface area (Å²) in [4.78, 5) is 47.9. The summed E-state index contributed by atoms with van der Waals surface area (Å²) in [5, 5.41) is 3.16. The Labute approximate surface area is 217 Å². The summed E-state index contributed by atoms with van der Waals surface area (Å²) in [6.07, 6.45) is 8.75. The van der Waals surface area contributed by atoms with Crippen LogP contribution >= 0.6 is 11.8 Å². The maximum atomic E-state index is 14.1. The Bertz CT molecular complexity index is 1380. The lowest BCUT2D eigenvalue weighted by Gasteiger charge is -2.32. The van der Waals surface area contributed by atoms with Gasteiger partial charge in [0, 0.05) is 30.5 Å². The number of hydrogen-bond acceptors (Lipinski definition) is 7. The van der Waals surface area contributed by atoms with Crippen molar-refractivity contribution < 1.29 is 9.18 Å². The summed E-state index contributed by atoms with van der Waals surface area (Å²) < 4.78 is 17.0. The SMILES string of the molecule is N[C@@H](Cc1ccncc1)C(=O)NC1CCC(n2c(=O)c3cc(F)cnc3n(C3CCSCC3)c2=O)CC1. The number of carbonyl (C=O) groups excluding carboxylic acids is 1. The summed E-state index contributed by atoms with van der Waals surface area (Å²) in [5.74, 6) is 1.03. The minimum atomic E-state index is -0.675. The monoisotopic (exact) mass is 526 g/mol. The molecule has 3 aromatic heterocycles. The number of hydrogen-bond donors (Lipinski definition) is 2. The Morgan fingerprint density at radius 3 is 2.46 bits per heavy atom. The third kappa shape index (κ3) is 5.47. The second-order valence-electron chi connectivity index (χ2n) is 9.88. The van der Waals surface area contributed by atoms with Crippen molar-refractivity contribution in [3.8, 4) is 0 Å². The van der Waals surface area contributed by atoms with Crippen molar-refractivity contribution in [2.45, 2.75) is 69.1 Å². The molecule has 3 aromatic rings. The van der Waals surface area contributed by atoms with Crippen LogP contribution in [0.3, 0.4) is 0 Å². The van der Waals surface area contributed by atoms with Crippen LogP contribution in [0.1, 0.15) is 56.2 Å². The second-order valence-corrected chi connectivity index (χ2v) is 11.1. The topological polar surface area (TPSA) is 125 Å². The molecule has 1 atom stereocenters. The van der Waals surface area contributed by atoms with Gasteiger partial charge in [-0.15, -0.1) is 0 Å². The normalized spacial score (nSPS) is 21.6. The molecule has 5 rings (SSSR count). The molecule has 0 bridgehead atoms. The Balaban J connectivity index is 1.34. The zero-order valence-corrected chi connectivity index (χ0v) is 21.3. The van der Waals surface area contributed by atoms with E-state index < -0.39 is 17.4 Å². The van der Waals surface area contributed by atoms with E-state index in [9.17, 15) is 18.8 Å². The van der Waals surface area contributed by atoms with Crippen LogP contribution in [0.2, 0.25) is 0 Å². The number of halogens is 1. The number of carbonyl (C=O) groups is 1. The highest BCUT2D eigenvalue weighted by atomic mass is 32.2. The average Bonchev–Trinajstić information content (AvgIpc) is 2.91. The number of nitrogens with two attached hydrogens (primary N) is 1. The molecule has 2 fully saturated rings. The lowest BCUT2D eigenvalue weighted by molar-refractivity contribution is -0.123. The number of rotatable bonds is 6. The van der Waals surface area contributed by atoms with Gasteiger partial charge < -0.3 is 11.1 Å². The first-order valence-corrected chi connectivity index (χ1v) is 13.9. The summed E-state index contributed by atoms with van der Waals surface area (Å²) in [6.45, 7) is 0. The molecule has 196 valence electrons. The molecule has 0 spiro atoms. The van der Waals surface area contributed by atoms with Crippen LogP contribution in [0.15, 0.2) is 46.4 Å². The minimum Gasteiger partial charge on any atom is -0.352 e. The van der Waals surface area contributed by atoms with E-state index in [0.717, 1.165) is 36.1 Å². The molecule has 11 heteroatoms. The maximum Gasteiger partial charge on any atom is 0.333 e. The molecule has 3 N–H and O–H groups in total. The smallest absolute Gasteiger partial charge is 0.333 e. The van der Waals surface area contributed by atoms with E-state index in [1.54, 1.807) is 17.0 Å². The van der Waals surface area contributed by atoms with Gasteiger partial charge in [-0.2, -0.15) is 11.8 Å². The summed E-state index contributed by atoms with van der Waals surface area (Å²) in [7, 11) is 0. The van der Waals surface area contributed by atoms with Gasteiger partial charge in [-0.05, 0) is 80.2 Å². The van der Waals surface area contributed by atoms with E-state index in [1.807, 2.05) is 23.9 Å². The summed E-state index contributed by atoms with van der Waals surface area (Å²) in [5.41, 5.74) is 6.44. The Hall–Kier alpha value is -3.05. The number of pyridine rings is 2. The highest BCUT2D eigenvalue weighted by Gasteiger charge is 2.30. The van der Waals surface area contributed by atoms with Crippen LogP contribution in [-0.2, 0) is 11.2 Å². The molecular weight excluding hydrogens is 495 g/mol. The van der Waals surface area contributed by atoms with Gasteiger partial charge in [0.15, 0.2) is 0 Å². The largest absolute Gasteiger partial charge is 0.352 e. The van der Waals surface area contributed by atoms with Crippen LogP contribution < -0.4 is 22.3 Å². The number of fused-ring (bicyclic) bond motifs is 1. The minimum absolute atomic E-state index is 0.0708. The fourth-order valence-corrected chi connectivity index (χ4v) is 6.53. The molecule has 37 heavy (non-hydrogen) atoms. The highest BCUT2D eigenvalue weighted by molar-refractivity contribution is 7.99. The predicted molar refractivity (Wildman–Crippen MR) is 141 cm³/mol. The Morgan fingerprint density at radius 2 is 1.76 bits per heavy atom. The average molecular weight is 527 g/mol. The first-order chi connectivity index (χ1) is 17.9. The molecule has 0 unspecified atom stereocenters. The number of aromatic nitrogens is 4. The van der Waals surface area contributed by atoms with E-state index in [2.05, 4.69) is 15.3 Å². The van der Waals surface area contributed by atoms with Crippen LogP contribution in [0, 0.1) is 5.82 Å². The van der Waals surface area contributed by atoms with Gasteiger partial charge in [0.1, 0.15) is 11.5 Å². The zero-order chi connectivity index (χ0) is 25.9. The van der Waals surface area contributed by atoms with Gasteiger partial charge in [-0.25, -0.2) is 14.2 Å². The lowest BCUT2D eigenvalue weighted by Crippen LogP contribution is -2.49. The van der Waals surface area contributed by atoms with Crippen LogP contribution in [0.25, 0.3) is 11.0 Å². The maximum absolute atomic E-state index is 14.1. The number of nitrogens with zero attached hydrogens (tertiary/aromatic N) is 4. The molecule has 4 heterocycles. The Morgan fingerprint density at radius 1 is 1.08 bits per heavy atom. The van der Waals surface area contributed by atoms with Crippen molar-refractivity contribution in [2.75, 3.05) is 11.5 Å². The van der Waals surface area contributed by atoms with E-state index in [4.69, 9.17) is 5.73 Å². The van der Waals surface area contributed by atoms with Crippen molar-refractivity contribution >= 4 is 28.7 Å². The summed E-state index contributed by atoms with van der Waals surface area (Å²) >= 11 is 1.84. The number of nitrogens with one attached hydrogen (secondary N) is 1. The van der Waals surface area contributed by atoms with Crippen LogP contribution in [-0.4, -0.2) is 48.6 Å². The van der Waals surface area contributed by atoms with Crippen molar-refractivity contribution in [2.24, 2.45) is 5.73 Å². The first kappa shape index (κ1) is 25.6. The molecule has 1 aliphatic heterocycles. The van der Waals surface area contributed by atoms with Crippen LogP contribution in [0.4, 0.5) is 4.39 Å². The number of amides is 1. The van der Waals surface area contributed by atoms with Gasteiger partial charge in [0.2, 0.25) is 5.91 Å². The fourth-order valence-electron chi connectivity index (χ4n) is 5.45. The van der Waals surface area contributed by atoms with E-state index in [-0.39, 0.29) is 40.8 Å². The molecule has 9 nitrogen and oxygen atoms in total. The van der Waals surface area contributed by atoms with Gasteiger partial charge in [0.25, 0.3) is 5.56 Å². The van der Waals surface area contributed by atoms with Gasteiger partial charge in [-0.3, -0.25) is 23.7 Å². The standard InChI is InChI=1S/C26H31FN6O3S/c27-17-14-21-23(30-15-17)32(20-7-11-37-12-8-20)26(36)33(25(21)35)19-3-1-18(2-4-19)31-24(34)22(28)13-16-5-9-29-10-6-16/h5-6,9-10,14-15,18-20,22H,1-4,7-8,11-13,28H2,(H,31,34)/t18?,19?,22-/m0/s1. The van der Waals surface area contributed by atoms with E-state index in [1.165, 1.54) is 10.6 Å². The van der Waals surface area contributed by atoms with Gasteiger partial charge in [-0.1, -0.05) is 0 Å².